The van der Waals surface area contributed by atoms with Crippen LogP contribution in [0.1, 0.15) is 51.4 Å². The van der Waals surface area contributed by atoms with Gasteiger partial charge in [-0.25, -0.2) is 0 Å². The van der Waals surface area contributed by atoms with Crippen LogP contribution in [0.25, 0.3) is 0 Å². The third-order valence-electron chi connectivity index (χ3n) is 4.04. The van der Waals surface area contributed by atoms with Crippen LogP contribution in [0.4, 0.5) is 0 Å². The van der Waals surface area contributed by atoms with Crippen molar-refractivity contribution in [3.05, 3.63) is 0 Å². The fourth-order valence-electron chi connectivity index (χ4n) is 2.40. The first-order chi connectivity index (χ1) is 13.3. The molecule has 1 atom stereocenters. The number of hydrogen-bond donors (Lipinski definition) is 4. The first kappa shape index (κ1) is 25.9. The normalized spacial score (nSPS) is 15.7. The molecule has 1 saturated heterocycles. The Labute approximate surface area is 169 Å². The summed E-state index contributed by atoms with van der Waals surface area (Å²) < 4.78 is 0. The van der Waals surface area contributed by atoms with Crippen molar-refractivity contribution in [1.29, 1.82) is 0 Å². The van der Waals surface area contributed by atoms with E-state index < -0.39 is 5.25 Å². The molecule has 1 rings (SSSR count). The number of nitrogens with two attached hydrogens (primary N) is 2. The van der Waals surface area contributed by atoms with Crippen molar-refractivity contribution in [2.75, 3.05) is 20.6 Å². The summed E-state index contributed by atoms with van der Waals surface area (Å²) in [4.78, 5) is 56.2. The van der Waals surface area contributed by atoms with Crippen molar-refractivity contribution in [3.8, 4) is 0 Å². The average molecular weight is 418 g/mol. The Hall–Kier alpha value is -2.14. The van der Waals surface area contributed by atoms with Gasteiger partial charge in [0.05, 0.1) is 0 Å². The van der Waals surface area contributed by atoms with E-state index in [1.54, 1.807) is 14.1 Å². The van der Waals surface area contributed by atoms with E-state index in [0.717, 1.165) is 18.4 Å². The van der Waals surface area contributed by atoms with Gasteiger partial charge in [-0.05, 0) is 19.3 Å². The number of rotatable bonds is 11. The van der Waals surface area contributed by atoms with Gasteiger partial charge in [-0.3, -0.25) is 34.0 Å². The van der Waals surface area contributed by atoms with Crippen molar-refractivity contribution in [1.82, 2.24) is 15.5 Å². The molecule has 5 amide bonds. The van der Waals surface area contributed by atoms with Crippen molar-refractivity contribution < 1.29 is 24.0 Å². The van der Waals surface area contributed by atoms with Gasteiger partial charge >= 0.3 is 0 Å². The van der Waals surface area contributed by atoms with Gasteiger partial charge in [-0.15, -0.1) is 0 Å². The summed E-state index contributed by atoms with van der Waals surface area (Å²) >= 11 is 0.922. The minimum Gasteiger partial charge on any atom is -0.370 e. The average Bonchev–Trinajstić information content (AvgIpc) is 2.94. The van der Waals surface area contributed by atoms with Gasteiger partial charge in [0.25, 0.3) is 0 Å². The largest absolute Gasteiger partial charge is 0.370 e. The van der Waals surface area contributed by atoms with E-state index in [9.17, 15) is 24.0 Å². The van der Waals surface area contributed by atoms with Crippen LogP contribution in [0.15, 0.2) is 0 Å². The van der Waals surface area contributed by atoms with Crippen LogP contribution >= 0.6 is 11.9 Å². The topological polar surface area (TPSA) is 165 Å². The van der Waals surface area contributed by atoms with Crippen molar-refractivity contribution >= 4 is 41.5 Å². The Kier molecular flexibility index (Phi) is 13.7. The third-order valence-corrected chi connectivity index (χ3v) is 4.73. The second kappa shape index (κ2) is 14.9. The number of nitrogens with one attached hydrogen (secondary N) is 2. The highest BCUT2D eigenvalue weighted by molar-refractivity contribution is 7.98. The second-order valence-electron chi connectivity index (χ2n) is 6.19. The van der Waals surface area contributed by atoms with Crippen LogP contribution in [0.3, 0.4) is 0 Å². The van der Waals surface area contributed by atoms with Gasteiger partial charge in [-0.2, -0.15) is 0 Å². The predicted octanol–water partition coefficient (Wildman–Crippen LogP) is -0.585. The number of carbonyl (C=O) groups is 5. The van der Waals surface area contributed by atoms with E-state index in [0.29, 0.717) is 45.1 Å². The molecule has 0 aromatic rings. The van der Waals surface area contributed by atoms with E-state index in [-0.39, 0.29) is 36.0 Å². The maximum Gasteiger partial charge on any atom is 0.244 e. The molecule has 1 fully saturated rings. The minimum absolute atomic E-state index is 0.0195. The molecule has 0 spiro atoms. The Balaban J connectivity index is 0.000000576. The Morgan fingerprint density at radius 1 is 1.00 bits per heavy atom. The third kappa shape index (κ3) is 10.9. The number of nitrogens with zero attached hydrogens (tertiary/aromatic N) is 1. The molecular formula is C17H31N5O5S. The van der Waals surface area contributed by atoms with E-state index >= 15 is 0 Å². The molecule has 0 aromatic carbocycles. The van der Waals surface area contributed by atoms with Crippen LogP contribution in [-0.4, -0.2) is 60.3 Å². The summed E-state index contributed by atoms with van der Waals surface area (Å²) in [5, 5.41) is 9.87. The number of hydrogen-bond acceptors (Lipinski definition) is 7. The molecule has 1 heterocycles. The molecule has 1 aliphatic heterocycles. The second-order valence-corrected chi connectivity index (χ2v) is 7.03. The number of primary amides is 1. The first-order valence-electron chi connectivity index (χ1n) is 9.16. The Bertz CT molecular complexity index is 542. The van der Waals surface area contributed by atoms with Crippen LogP contribution in [0.2, 0.25) is 0 Å². The molecule has 0 radical (unpaired) electrons. The monoisotopic (exact) mass is 417 g/mol. The molecule has 6 N–H and O–H groups in total. The molecule has 0 saturated carbocycles. The summed E-state index contributed by atoms with van der Waals surface area (Å²) in [5.74, 6) is -0.717. The highest BCUT2D eigenvalue weighted by Gasteiger charge is 2.37. The number of unbranched alkanes of at least 4 members (excludes halogenated alkanes) is 2. The Morgan fingerprint density at radius 3 is 2.00 bits per heavy atom. The first-order valence-corrected chi connectivity index (χ1v) is 10.1. The zero-order valence-corrected chi connectivity index (χ0v) is 17.3. The molecule has 0 bridgehead atoms. The molecular weight excluding hydrogens is 386 g/mol. The molecule has 1 aliphatic rings. The lowest BCUT2D eigenvalue weighted by molar-refractivity contribution is -0.138. The summed E-state index contributed by atoms with van der Waals surface area (Å²) in [7, 11) is 3.17. The maximum atomic E-state index is 11.6. The maximum absolute atomic E-state index is 11.6. The lowest BCUT2D eigenvalue weighted by Crippen LogP contribution is -2.32. The van der Waals surface area contributed by atoms with Crippen LogP contribution in [0.5, 0.6) is 0 Å². The molecule has 11 heteroatoms. The van der Waals surface area contributed by atoms with Gasteiger partial charge in [0.15, 0.2) is 0 Å². The van der Waals surface area contributed by atoms with E-state index in [1.807, 2.05) is 0 Å². The summed E-state index contributed by atoms with van der Waals surface area (Å²) in [6.45, 7) is 0.410. The summed E-state index contributed by atoms with van der Waals surface area (Å²) in [6, 6.07) is 0. The molecule has 10 nitrogen and oxygen atoms in total. The lowest BCUT2D eigenvalue weighted by atomic mass is 10.2. The smallest absolute Gasteiger partial charge is 0.244 e. The van der Waals surface area contributed by atoms with Gasteiger partial charge in [0.1, 0.15) is 5.25 Å². The molecule has 28 heavy (non-hydrogen) atoms. The zero-order chi connectivity index (χ0) is 21.5. The quantitative estimate of drug-likeness (QED) is 0.198. The van der Waals surface area contributed by atoms with E-state index in [4.69, 9.17) is 10.9 Å². The number of amides is 5. The van der Waals surface area contributed by atoms with Crippen molar-refractivity contribution in [2.45, 2.75) is 56.6 Å². The Morgan fingerprint density at radius 2 is 1.57 bits per heavy atom. The standard InChI is InChI=1S/C10H17N3O3S.C7H14N2O2/c11-8(14)4-2-1-3-5-13-9(15)6-7(17-12)10(13)16;1-8-6(10)4-3-5-7(11)9-2/h7H,1-6,12H2,(H2,11,14);3-5H2,1-2H3,(H,8,10)(H,9,11). The van der Waals surface area contributed by atoms with Crippen molar-refractivity contribution in [3.63, 3.8) is 0 Å². The summed E-state index contributed by atoms with van der Waals surface area (Å²) in [6.07, 6.45) is 4.17. The van der Waals surface area contributed by atoms with Crippen LogP contribution < -0.4 is 21.5 Å². The molecule has 0 aromatic heterocycles. The summed E-state index contributed by atoms with van der Waals surface area (Å²) in [5.41, 5.74) is 5.00. The highest BCUT2D eigenvalue weighted by Crippen LogP contribution is 2.21. The minimum atomic E-state index is -0.423. The van der Waals surface area contributed by atoms with Gasteiger partial charge in [0.2, 0.25) is 29.5 Å². The number of likely N-dealkylation sites (tertiary alicyclic amines) is 1. The molecule has 160 valence electrons. The van der Waals surface area contributed by atoms with Gasteiger partial charge in [-0.1, -0.05) is 18.4 Å². The number of imide groups is 1. The van der Waals surface area contributed by atoms with E-state index in [2.05, 4.69) is 10.6 Å². The lowest BCUT2D eigenvalue weighted by Gasteiger charge is -2.13. The molecule has 0 aliphatic carbocycles. The van der Waals surface area contributed by atoms with Gasteiger partial charge < -0.3 is 16.4 Å². The highest BCUT2D eigenvalue weighted by atomic mass is 32.2. The fraction of sp³-hybridized carbons (Fsp3) is 0.706. The fourth-order valence-corrected chi connectivity index (χ4v) is 2.88. The molecule has 1 unspecified atom stereocenters. The van der Waals surface area contributed by atoms with Crippen molar-refractivity contribution in [2.24, 2.45) is 10.9 Å². The zero-order valence-electron chi connectivity index (χ0n) is 16.5. The van der Waals surface area contributed by atoms with Crippen LogP contribution in [-0.2, 0) is 24.0 Å². The van der Waals surface area contributed by atoms with Crippen LogP contribution in [0, 0.1) is 0 Å². The van der Waals surface area contributed by atoms with E-state index in [1.165, 1.54) is 4.90 Å². The number of carbonyl (C=O) groups excluding carboxylic acids is 5. The SMILES string of the molecule is CNC(=O)CCCC(=O)NC.NSC1CC(=O)N(CCCCCC(N)=O)C1=O. The predicted molar refractivity (Wildman–Crippen MR) is 107 cm³/mol. The van der Waals surface area contributed by atoms with Gasteiger partial charge in [0, 0.05) is 46.3 Å².